The van der Waals surface area contributed by atoms with Crippen LogP contribution < -0.4 is 5.73 Å². The van der Waals surface area contributed by atoms with Crippen LogP contribution >= 0.6 is 0 Å². The van der Waals surface area contributed by atoms with Crippen molar-refractivity contribution < 1.29 is 13.6 Å². The predicted octanol–water partition coefficient (Wildman–Crippen LogP) is 0.316. The second kappa shape index (κ2) is 5.64. The number of oxime groups is 1. The first-order valence-electron chi connectivity index (χ1n) is 6.74. The molecule has 8 heteroatoms. The molecule has 0 aliphatic carbocycles. The molecule has 2 atom stereocenters. The van der Waals surface area contributed by atoms with Crippen molar-refractivity contribution in [3.8, 4) is 0 Å². The number of nitrogens with zero attached hydrogens (tertiary/aromatic N) is 3. The summed E-state index contributed by atoms with van der Waals surface area (Å²) in [5, 5.41) is 11.7. The second-order valence-electron chi connectivity index (χ2n) is 5.26. The van der Waals surface area contributed by atoms with E-state index in [-0.39, 0.29) is 11.9 Å². The van der Waals surface area contributed by atoms with Gasteiger partial charge in [-0.25, -0.2) is 0 Å². The molecule has 0 aromatic rings. The van der Waals surface area contributed by atoms with Crippen molar-refractivity contribution in [2.45, 2.75) is 51.1 Å². The number of amidine groups is 1. The Labute approximate surface area is 114 Å². The van der Waals surface area contributed by atoms with Crippen LogP contribution in [-0.4, -0.2) is 53.2 Å². The standard InChI is InChI=1S/C11H22N4O3S/c1-9-5-2-3-7-14(9)19(17,18)15-8-4-6-10(15)11(12)13-16/h9-10,16H,2-8H2,1H3,(H2,12,13). The van der Waals surface area contributed by atoms with Crippen LogP contribution in [0.2, 0.25) is 0 Å². The summed E-state index contributed by atoms with van der Waals surface area (Å²) in [6, 6.07) is -0.489. The number of rotatable bonds is 3. The van der Waals surface area contributed by atoms with Crippen LogP contribution in [0.1, 0.15) is 39.0 Å². The Morgan fingerprint density at radius 1 is 1.21 bits per heavy atom. The van der Waals surface area contributed by atoms with Gasteiger partial charge >= 0.3 is 0 Å². The minimum Gasteiger partial charge on any atom is -0.409 e. The lowest BCUT2D eigenvalue weighted by Gasteiger charge is -2.36. The first-order valence-corrected chi connectivity index (χ1v) is 8.14. The summed E-state index contributed by atoms with van der Waals surface area (Å²) in [6.45, 7) is 2.93. The monoisotopic (exact) mass is 290 g/mol. The van der Waals surface area contributed by atoms with Crippen LogP contribution in [0.3, 0.4) is 0 Å². The third-order valence-electron chi connectivity index (χ3n) is 4.00. The van der Waals surface area contributed by atoms with Crippen molar-refractivity contribution in [1.29, 1.82) is 0 Å². The Bertz CT molecular complexity index is 451. The molecule has 110 valence electrons. The van der Waals surface area contributed by atoms with Gasteiger partial charge in [-0.2, -0.15) is 17.0 Å². The van der Waals surface area contributed by atoms with Crippen molar-refractivity contribution in [1.82, 2.24) is 8.61 Å². The molecule has 0 bridgehead atoms. The van der Waals surface area contributed by atoms with E-state index < -0.39 is 16.3 Å². The first-order chi connectivity index (χ1) is 8.98. The molecule has 2 rings (SSSR count). The van der Waals surface area contributed by atoms with Gasteiger partial charge in [-0.3, -0.25) is 0 Å². The Morgan fingerprint density at radius 3 is 2.53 bits per heavy atom. The number of hydrogen-bond acceptors (Lipinski definition) is 4. The first kappa shape index (κ1) is 14.5. The summed E-state index contributed by atoms with van der Waals surface area (Å²) in [5.41, 5.74) is 5.60. The van der Waals surface area contributed by atoms with Gasteiger partial charge in [0.2, 0.25) is 0 Å². The molecule has 2 unspecified atom stereocenters. The van der Waals surface area contributed by atoms with Crippen LogP contribution in [0, 0.1) is 0 Å². The lowest BCUT2D eigenvalue weighted by atomic mass is 10.1. The number of piperidine rings is 1. The average Bonchev–Trinajstić information content (AvgIpc) is 2.88. The van der Waals surface area contributed by atoms with Crippen LogP contribution in [-0.2, 0) is 10.2 Å². The highest BCUT2D eigenvalue weighted by atomic mass is 32.2. The van der Waals surface area contributed by atoms with Crippen LogP contribution in [0.4, 0.5) is 0 Å². The third-order valence-corrected chi connectivity index (χ3v) is 6.16. The van der Waals surface area contributed by atoms with Crippen LogP contribution in [0.5, 0.6) is 0 Å². The zero-order valence-corrected chi connectivity index (χ0v) is 12.0. The normalized spacial score (nSPS) is 31.7. The van der Waals surface area contributed by atoms with E-state index in [4.69, 9.17) is 10.9 Å². The van der Waals surface area contributed by atoms with Gasteiger partial charge in [-0.05, 0) is 32.6 Å². The van der Waals surface area contributed by atoms with E-state index in [1.807, 2.05) is 6.92 Å². The van der Waals surface area contributed by atoms with E-state index in [2.05, 4.69) is 5.16 Å². The molecule has 2 saturated heterocycles. The summed E-state index contributed by atoms with van der Waals surface area (Å²) < 4.78 is 28.3. The Balaban J connectivity index is 2.23. The predicted molar refractivity (Wildman–Crippen MR) is 72.1 cm³/mol. The fourth-order valence-electron chi connectivity index (χ4n) is 2.93. The van der Waals surface area contributed by atoms with Gasteiger partial charge in [0.05, 0.1) is 6.04 Å². The smallest absolute Gasteiger partial charge is 0.282 e. The van der Waals surface area contributed by atoms with Crippen molar-refractivity contribution >= 4 is 16.0 Å². The van der Waals surface area contributed by atoms with Gasteiger partial charge in [0.15, 0.2) is 5.84 Å². The van der Waals surface area contributed by atoms with Crippen LogP contribution in [0.25, 0.3) is 0 Å². The van der Waals surface area contributed by atoms with Gasteiger partial charge < -0.3 is 10.9 Å². The van der Waals surface area contributed by atoms with Gasteiger partial charge in [-0.1, -0.05) is 11.6 Å². The zero-order chi connectivity index (χ0) is 14.0. The summed E-state index contributed by atoms with van der Waals surface area (Å²) in [6.07, 6.45) is 4.20. The maximum Gasteiger partial charge on any atom is 0.282 e. The maximum absolute atomic E-state index is 12.7. The molecule has 2 heterocycles. The number of hydrogen-bond donors (Lipinski definition) is 2. The van der Waals surface area contributed by atoms with Crippen LogP contribution in [0.15, 0.2) is 5.16 Å². The Morgan fingerprint density at radius 2 is 1.89 bits per heavy atom. The molecule has 0 saturated carbocycles. The molecule has 3 N–H and O–H groups in total. The topological polar surface area (TPSA) is 99.2 Å². The summed E-state index contributed by atoms with van der Waals surface area (Å²) in [5.74, 6) is -0.0225. The van der Waals surface area contributed by atoms with E-state index in [1.165, 1.54) is 4.31 Å². The second-order valence-corrected chi connectivity index (χ2v) is 7.09. The minimum absolute atomic E-state index is 0.0206. The van der Waals surface area contributed by atoms with E-state index in [0.717, 1.165) is 25.7 Å². The van der Waals surface area contributed by atoms with E-state index >= 15 is 0 Å². The molecular formula is C11H22N4O3S. The molecule has 2 aliphatic heterocycles. The Kier molecular flexibility index (Phi) is 4.32. The van der Waals surface area contributed by atoms with E-state index in [1.54, 1.807) is 4.31 Å². The van der Waals surface area contributed by atoms with Crippen molar-refractivity contribution in [2.75, 3.05) is 13.1 Å². The number of nitrogens with two attached hydrogens (primary N) is 1. The minimum atomic E-state index is -3.52. The summed E-state index contributed by atoms with van der Waals surface area (Å²) in [7, 11) is -3.52. The van der Waals surface area contributed by atoms with Crippen molar-refractivity contribution in [3.63, 3.8) is 0 Å². The van der Waals surface area contributed by atoms with E-state index in [0.29, 0.717) is 19.5 Å². The van der Waals surface area contributed by atoms with Gasteiger partial charge in [0.1, 0.15) is 0 Å². The lowest BCUT2D eigenvalue weighted by Crippen LogP contribution is -2.53. The van der Waals surface area contributed by atoms with E-state index in [9.17, 15) is 8.42 Å². The van der Waals surface area contributed by atoms with Crippen molar-refractivity contribution in [3.05, 3.63) is 0 Å². The highest BCUT2D eigenvalue weighted by Crippen LogP contribution is 2.28. The fraction of sp³-hybridized carbons (Fsp3) is 0.909. The molecule has 2 aliphatic rings. The fourth-order valence-corrected chi connectivity index (χ4v) is 5.01. The molecule has 19 heavy (non-hydrogen) atoms. The van der Waals surface area contributed by atoms with Gasteiger partial charge in [0.25, 0.3) is 10.2 Å². The highest BCUT2D eigenvalue weighted by Gasteiger charge is 2.42. The maximum atomic E-state index is 12.7. The summed E-state index contributed by atoms with van der Waals surface area (Å²) >= 11 is 0. The quantitative estimate of drug-likeness (QED) is 0.338. The molecule has 0 radical (unpaired) electrons. The molecule has 0 aromatic heterocycles. The largest absolute Gasteiger partial charge is 0.409 e. The summed E-state index contributed by atoms with van der Waals surface area (Å²) in [4.78, 5) is 0. The molecule has 0 amide bonds. The SMILES string of the molecule is CC1CCCCN1S(=O)(=O)N1CCCC1C(N)=NO. The molecule has 7 nitrogen and oxygen atoms in total. The highest BCUT2D eigenvalue weighted by molar-refractivity contribution is 7.86. The molecule has 0 spiro atoms. The zero-order valence-electron chi connectivity index (χ0n) is 11.2. The Hall–Kier alpha value is -0.860. The van der Waals surface area contributed by atoms with Gasteiger partial charge in [0, 0.05) is 19.1 Å². The average molecular weight is 290 g/mol. The lowest BCUT2D eigenvalue weighted by molar-refractivity contribution is 0.245. The molecule has 2 fully saturated rings. The van der Waals surface area contributed by atoms with Crippen molar-refractivity contribution in [2.24, 2.45) is 10.9 Å². The molecular weight excluding hydrogens is 268 g/mol. The third kappa shape index (κ3) is 2.70. The molecule has 0 aromatic carbocycles. The van der Waals surface area contributed by atoms with Gasteiger partial charge in [-0.15, -0.1) is 0 Å².